The van der Waals surface area contributed by atoms with Gasteiger partial charge in [0.15, 0.2) is 0 Å². The Bertz CT molecular complexity index is 788. The SMILES string of the molecule is CC(C)(C)c1ccc(OS(=O)(=O)c2ccc(C(C)(C)C)cc2)cc1. The Morgan fingerprint density at radius 1 is 0.667 bits per heavy atom. The monoisotopic (exact) mass is 346 g/mol. The Labute approximate surface area is 145 Å². The second-order valence-corrected chi connectivity index (χ2v) is 9.63. The summed E-state index contributed by atoms with van der Waals surface area (Å²) in [6.45, 7) is 12.6. The molecule has 2 rings (SSSR count). The fourth-order valence-corrected chi connectivity index (χ4v) is 3.24. The average Bonchev–Trinajstić information content (AvgIpc) is 2.46. The van der Waals surface area contributed by atoms with Gasteiger partial charge in [0.2, 0.25) is 0 Å². The quantitative estimate of drug-likeness (QED) is 0.731. The van der Waals surface area contributed by atoms with Crippen molar-refractivity contribution in [2.45, 2.75) is 57.3 Å². The van der Waals surface area contributed by atoms with Crippen molar-refractivity contribution in [2.75, 3.05) is 0 Å². The molecule has 130 valence electrons. The van der Waals surface area contributed by atoms with Crippen LogP contribution in [0.5, 0.6) is 5.75 Å². The van der Waals surface area contributed by atoms with Gasteiger partial charge in [-0.05, 0) is 46.2 Å². The van der Waals surface area contributed by atoms with Crippen LogP contribution in [0.4, 0.5) is 0 Å². The van der Waals surface area contributed by atoms with Crippen LogP contribution < -0.4 is 4.18 Å². The molecule has 0 aliphatic rings. The van der Waals surface area contributed by atoms with Gasteiger partial charge in [-0.15, -0.1) is 0 Å². The zero-order chi connectivity index (χ0) is 18.2. The third-order valence-corrected chi connectivity index (χ3v) is 5.20. The maximum atomic E-state index is 12.4. The van der Waals surface area contributed by atoms with E-state index in [4.69, 9.17) is 4.18 Å². The normalized spacial score (nSPS) is 12.9. The van der Waals surface area contributed by atoms with Crippen molar-refractivity contribution in [3.05, 3.63) is 59.7 Å². The molecule has 3 nitrogen and oxygen atoms in total. The summed E-state index contributed by atoms with van der Waals surface area (Å²) < 4.78 is 30.1. The summed E-state index contributed by atoms with van der Waals surface area (Å²) in [5.74, 6) is 0.322. The lowest BCUT2D eigenvalue weighted by Gasteiger charge is -2.19. The minimum atomic E-state index is -3.82. The molecule has 2 aromatic rings. The fraction of sp³-hybridized carbons (Fsp3) is 0.400. The molecule has 4 heteroatoms. The van der Waals surface area contributed by atoms with E-state index in [1.807, 2.05) is 24.3 Å². The summed E-state index contributed by atoms with van der Waals surface area (Å²) in [5.41, 5.74) is 2.20. The molecule has 0 atom stereocenters. The van der Waals surface area contributed by atoms with Crippen molar-refractivity contribution in [1.29, 1.82) is 0 Å². The highest BCUT2D eigenvalue weighted by Gasteiger charge is 2.20. The Morgan fingerprint density at radius 2 is 1.04 bits per heavy atom. The van der Waals surface area contributed by atoms with Crippen LogP contribution in [0, 0.1) is 0 Å². The highest BCUT2D eigenvalue weighted by molar-refractivity contribution is 7.87. The molecule has 0 aliphatic carbocycles. The van der Waals surface area contributed by atoms with Gasteiger partial charge < -0.3 is 4.18 Å². The molecule has 0 amide bonds. The first-order valence-electron chi connectivity index (χ1n) is 8.05. The zero-order valence-electron chi connectivity index (χ0n) is 15.3. The molecule has 0 aliphatic heterocycles. The Kier molecular flexibility index (Phi) is 4.82. The molecule has 0 aromatic heterocycles. The third kappa shape index (κ3) is 4.38. The van der Waals surface area contributed by atoms with Crippen LogP contribution in [0.1, 0.15) is 52.7 Å². The van der Waals surface area contributed by atoms with E-state index in [0.29, 0.717) is 5.75 Å². The van der Waals surface area contributed by atoms with Crippen LogP contribution >= 0.6 is 0 Å². The summed E-state index contributed by atoms with van der Waals surface area (Å²) in [6, 6.07) is 14.0. The first-order chi connectivity index (χ1) is 10.9. The lowest BCUT2D eigenvalue weighted by Crippen LogP contribution is -2.13. The second kappa shape index (κ2) is 6.25. The first kappa shape index (κ1) is 18.5. The molecule has 0 saturated carbocycles. The van der Waals surface area contributed by atoms with Crippen LogP contribution in [0.25, 0.3) is 0 Å². The van der Waals surface area contributed by atoms with E-state index < -0.39 is 10.1 Å². The van der Waals surface area contributed by atoms with Gasteiger partial charge in [-0.2, -0.15) is 8.42 Å². The molecule has 0 bridgehead atoms. The number of hydrogen-bond donors (Lipinski definition) is 0. The minimum absolute atomic E-state index is 0.0141. The molecule has 0 unspecified atom stereocenters. The van der Waals surface area contributed by atoms with E-state index in [0.717, 1.165) is 11.1 Å². The molecule has 24 heavy (non-hydrogen) atoms. The maximum Gasteiger partial charge on any atom is 0.339 e. The van der Waals surface area contributed by atoms with Crippen LogP contribution in [-0.2, 0) is 20.9 Å². The van der Waals surface area contributed by atoms with E-state index >= 15 is 0 Å². The largest absolute Gasteiger partial charge is 0.379 e. The van der Waals surface area contributed by atoms with Crippen LogP contribution in [0.2, 0.25) is 0 Å². The fourth-order valence-electron chi connectivity index (χ4n) is 2.31. The number of hydrogen-bond acceptors (Lipinski definition) is 3. The summed E-state index contributed by atoms with van der Waals surface area (Å²) in [7, 11) is -3.82. The van der Waals surface area contributed by atoms with Crippen LogP contribution in [0.15, 0.2) is 53.4 Å². The molecule has 0 radical (unpaired) electrons. The molecule has 0 fully saturated rings. The smallest absolute Gasteiger partial charge is 0.339 e. The van der Waals surface area contributed by atoms with Crippen LogP contribution in [-0.4, -0.2) is 8.42 Å². The van der Waals surface area contributed by atoms with E-state index in [-0.39, 0.29) is 15.7 Å². The summed E-state index contributed by atoms with van der Waals surface area (Å²) in [4.78, 5) is 0.162. The minimum Gasteiger partial charge on any atom is -0.379 e. The van der Waals surface area contributed by atoms with Gasteiger partial charge in [-0.3, -0.25) is 0 Å². The van der Waals surface area contributed by atoms with Crippen molar-refractivity contribution in [3.63, 3.8) is 0 Å². The summed E-state index contributed by atoms with van der Waals surface area (Å²) in [5, 5.41) is 0. The predicted octanol–water partition coefficient (Wildman–Crippen LogP) is 5.05. The summed E-state index contributed by atoms with van der Waals surface area (Å²) >= 11 is 0. The van der Waals surface area contributed by atoms with Crippen molar-refractivity contribution < 1.29 is 12.6 Å². The average molecular weight is 346 g/mol. The predicted molar refractivity (Wildman–Crippen MR) is 98.1 cm³/mol. The van der Waals surface area contributed by atoms with E-state index in [9.17, 15) is 8.42 Å². The third-order valence-electron chi connectivity index (χ3n) is 3.94. The highest BCUT2D eigenvalue weighted by atomic mass is 32.2. The van der Waals surface area contributed by atoms with Gasteiger partial charge in [0.1, 0.15) is 10.6 Å². The van der Waals surface area contributed by atoms with Gasteiger partial charge >= 0.3 is 10.1 Å². The Hall–Kier alpha value is -1.81. The van der Waals surface area contributed by atoms with E-state index in [1.54, 1.807) is 24.3 Å². The van der Waals surface area contributed by atoms with Crippen molar-refractivity contribution >= 4 is 10.1 Å². The van der Waals surface area contributed by atoms with E-state index in [1.165, 1.54) is 0 Å². The first-order valence-corrected chi connectivity index (χ1v) is 9.46. The lowest BCUT2D eigenvalue weighted by atomic mass is 9.87. The van der Waals surface area contributed by atoms with Crippen molar-refractivity contribution in [3.8, 4) is 5.75 Å². The summed E-state index contributed by atoms with van der Waals surface area (Å²) in [6.07, 6.45) is 0. The molecule has 0 saturated heterocycles. The lowest BCUT2D eigenvalue weighted by molar-refractivity contribution is 0.485. The van der Waals surface area contributed by atoms with Gasteiger partial charge in [-0.1, -0.05) is 65.8 Å². The molecule has 0 heterocycles. The van der Waals surface area contributed by atoms with Crippen LogP contribution in [0.3, 0.4) is 0 Å². The van der Waals surface area contributed by atoms with Gasteiger partial charge in [-0.25, -0.2) is 0 Å². The second-order valence-electron chi connectivity index (χ2n) is 8.09. The zero-order valence-corrected chi connectivity index (χ0v) is 16.1. The van der Waals surface area contributed by atoms with E-state index in [2.05, 4.69) is 41.5 Å². The van der Waals surface area contributed by atoms with Crippen molar-refractivity contribution in [1.82, 2.24) is 0 Å². The standard InChI is InChI=1S/C20H26O3S/c1-19(2,3)15-7-11-17(12-8-15)23-24(21,22)18-13-9-16(10-14-18)20(4,5)6/h7-14H,1-6H3. The molecular weight excluding hydrogens is 320 g/mol. The highest BCUT2D eigenvalue weighted by Crippen LogP contribution is 2.27. The molecule has 0 spiro atoms. The molecule has 2 aromatic carbocycles. The van der Waals surface area contributed by atoms with Gasteiger partial charge in [0.05, 0.1) is 0 Å². The topological polar surface area (TPSA) is 43.4 Å². The van der Waals surface area contributed by atoms with Gasteiger partial charge in [0, 0.05) is 0 Å². The van der Waals surface area contributed by atoms with Crippen molar-refractivity contribution in [2.24, 2.45) is 0 Å². The Balaban J connectivity index is 2.22. The number of benzene rings is 2. The Morgan fingerprint density at radius 3 is 1.42 bits per heavy atom. The molecule has 0 N–H and O–H groups in total. The molecular formula is C20H26O3S. The number of rotatable bonds is 3. The van der Waals surface area contributed by atoms with Gasteiger partial charge in [0.25, 0.3) is 0 Å². The maximum absolute atomic E-state index is 12.4.